The smallest absolute Gasteiger partial charge is 0.260 e. The quantitative estimate of drug-likeness (QED) is 0.614. The fraction of sp³-hybridized carbons (Fsp3) is 0.348. The normalized spacial score (nSPS) is 18.4. The van der Waals surface area contributed by atoms with E-state index in [1.54, 1.807) is 30.3 Å². The number of nitrogens with zero attached hydrogens (tertiary/aromatic N) is 2. The Hall–Kier alpha value is -3.31. The van der Waals surface area contributed by atoms with Crippen molar-refractivity contribution in [2.24, 2.45) is 11.7 Å². The minimum Gasteiger partial charge on any atom is -0.490 e. The van der Waals surface area contributed by atoms with E-state index in [1.165, 1.54) is 6.20 Å². The molecule has 1 aliphatic rings. The number of carbonyl (C=O) groups is 1. The van der Waals surface area contributed by atoms with E-state index in [0.29, 0.717) is 28.9 Å². The lowest BCUT2D eigenvalue weighted by atomic mass is 9.96. The molecule has 8 heteroatoms. The molecule has 0 radical (unpaired) electrons. The van der Waals surface area contributed by atoms with Crippen LogP contribution in [0, 0.1) is 17.2 Å². The number of carbonyl (C=O) groups excluding carboxylic acids is 1. The molecule has 1 aromatic carbocycles. The Morgan fingerprint density at radius 1 is 1.42 bits per heavy atom. The van der Waals surface area contributed by atoms with E-state index in [2.05, 4.69) is 22.9 Å². The number of hydrogen-bond acceptors (Lipinski definition) is 5. The third-order valence-electron chi connectivity index (χ3n) is 4.85. The van der Waals surface area contributed by atoms with Crippen LogP contribution in [0.1, 0.15) is 32.3 Å². The van der Waals surface area contributed by atoms with Crippen LogP contribution in [0.5, 0.6) is 5.75 Å². The summed E-state index contributed by atoms with van der Waals surface area (Å²) in [5.74, 6) is -4.43. The Morgan fingerprint density at radius 2 is 2.10 bits per heavy atom. The molecule has 1 unspecified atom stereocenters. The zero-order chi connectivity index (χ0) is 22.8. The number of ether oxygens (including phenoxy) is 1. The van der Waals surface area contributed by atoms with Gasteiger partial charge >= 0.3 is 0 Å². The van der Waals surface area contributed by atoms with Crippen molar-refractivity contribution in [1.82, 2.24) is 4.98 Å². The van der Waals surface area contributed by atoms with Crippen LogP contribution in [-0.4, -0.2) is 29.0 Å². The maximum Gasteiger partial charge on any atom is 0.260 e. The summed E-state index contributed by atoms with van der Waals surface area (Å²) >= 11 is 0. The molecule has 1 aliphatic carbocycles. The molecule has 1 amide bonds. The highest BCUT2D eigenvalue weighted by molar-refractivity contribution is 5.95. The summed E-state index contributed by atoms with van der Waals surface area (Å²) in [6.07, 6.45) is 1.61. The first-order valence-electron chi connectivity index (χ1n) is 9.76. The van der Waals surface area contributed by atoms with E-state index in [-0.39, 0.29) is 12.4 Å². The van der Waals surface area contributed by atoms with Crippen LogP contribution in [0.25, 0.3) is 11.1 Å². The van der Waals surface area contributed by atoms with Gasteiger partial charge in [0.1, 0.15) is 30.2 Å². The summed E-state index contributed by atoms with van der Waals surface area (Å²) in [4.78, 5) is 15.9. The highest BCUT2D eigenvalue weighted by Crippen LogP contribution is 2.49. The van der Waals surface area contributed by atoms with Crippen LogP contribution in [0.3, 0.4) is 0 Å². The molecule has 1 saturated carbocycles. The number of amides is 1. The van der Waals surface area contributed by atoms with Crippen molar-refractivity contribution in [2.45, 2.75) is 38.2 Å². The number of nitrogens with two attached hydrogens (primary N) is 1. The van der Waals surface area contributed by atoms with Gasteiger partial charge in [-0.2, -0.15) is 5.26 Å². The maximum atomic E-state index is 13.1. The summed E-state index contributed by atoms with van der Waals surface area (Å²) in [6.45, 7) is 7.82. The Morgan fingerprint density at radius 3 is 2.71 bits per heavy atom. The highest BCUT2D eigenvalue weighted by Gasteiger charge is 2.61. The van der Waals surface area contributed by atoms with Gasteiger partial charge in [0, 0.05) is 12.6 Å². The van der Waals surface area contributed by atoms with E-state index in [9.17, 15) is 18.8 Å². The fourth-order valence-corrected chi connectivity index (χ4v) is 3.30. The molecule has 0 bridgehead atoms. The predicted molar refractivity (Wildman–Crippen MR) is 114 cm³/mol. The number of nitriles is 1. The first-order valence-corrected chi connectivity index (χ1v) is 9.76. The van der Waals surface area contributed by atoms with Gasteiger partial charge in [-0.25, -0.2) is 13.8 Å². The van der Waals surface area contributed by atoms with Gasteiger partial charge < -0.3 is 15.8 Å². The Labute approximate surface area is 179 Å². The third kappa shape index (κ3) is 5.64. The molecule has 3 rings (SSSR count). The van der Waals surface area contributed by atoms with Gasteiger partial charge in [0.05, 0.1) is 11.1 Å². The lowest BCUT2D eigenvalue weighted by Gasteiger charge is -2.25. The second-order valence-corrected chi connectivity index (χ2v) is 8.34. The average molecular weight is 426 g/mol. The van der Waals surface area contributed by atoms with Gasteiger partial charge in [-0.15, -0.1) is 6.58 Å². The molecule has 1 fully saturated rings. The molecular formula is C23H24F2N4O2. The molecule has 3 N–H and O–H groups in total. The van der Waals surface area contributed by atoms with Gasteiger partial charge in [-0.05, 0) is 55.7 Å². The number of aromatic nitrogens is 1. The number of nitrogens with one attached hydrogen (secondary N) is 1. The van der Waals surface area contributed by atoms with Crippen molar-refractivity contribution in [1.29, 1.82) is 5.26 Å². The van der Waals surface area contributed by atoms with Crippen molar-refractivity contribution in [3.63, 3.8) is 0 Å². The van der Waals surface area contributed by atoms with Crippen LogP contribution in [0.4, 0.5) is 14.6 Å². The van der Waals surface area contributed by atoms with Crippen molar-refractivity contribution in [3.8, 4) is 22.9 Å². The third-order valence-corrected chi connectivity index (χ3v) is 4.85. The first-order chi connectivity index (χ1) is 14.5. The number of rotatable bonds is 8. The molecule has 0 spiro atoms. The molecule has 6 nitrogen and oxygen atoms in total. The number of alkyl halides is 2. The molecule has 31 heavy (non-hydrogen) atoms. The molecule has 1 aromatic heterocycles. The van der Waals surface area contributed by atoms with E-state index in [1.807, 2.05) is 13.8 Å². The van der Waals surface area contributed by atoms with Crippen LogP contribution in [0.2, 0.25) is 0 Å². The number of halogens is 2. The Bertz CT molecular complexity index is 1060. The summed E-state index contributed by atoms with van der Waals surface area (Å²) < 4.78 is 31.9. The predicted octanol–water partition coefficient (Wildman–Crippen LogP) is 4.28. The van der Waals surface area contributed by atoms with Crippen LogP contribution in [0.15, 0.2) is 48.7 Å². The second-order valence-electron chi connectivity index (χ2n) is 8.34. The van der Waals surface area contributed by atoms with Crippen LogP contribution in [-0.2, 0) is 4.79 Å². The van der Waals surface area contributed by atoms with Gasteiger partial charge in [-0.1, -0.05) is 11.6 Å². The largest absolute Gasteiger partial charge is 0.490 e. The number of benzene rings is 1. The fourth-order valence-electron chi connectivity index (χ4n) is 3.30. The zero-order valence-corrected chi connectivity index (χ0v) is 17.4. The summed E-state index contributed by atoms with van der Waals surface area (Å²) in [6, 6.07) is 10.5. The Balaban J connectivity index is 1.74. The van der Waals surface area contributed by atoms with E-state index in [0.717, 1.165) is 5.57 Å². The number of anilines is 1. The van der Waals surface area contributed by atoms with Gasteiger partial charge in [-0.3, -0.25) is 4.79 Å². The van der Waals surface area contributed by atoms with Crippen LogP contribution < -0.4 is 15.8 Å². The van der Waals surface area contributed by atoms with Crippen molar-refractivity contribution in [3.05, 3.63) is 54.2 Å². The van der Waals surface area contributed by atoms with E-state index < -0.39 is 29.7 Å². The highest BCUT2D eigenvalue weighted by atomic mass is 19.3. The van der Waals surface area contributed by atoms with Crippen molar-refractivity contribution >= 4 is 11.7 Å². The molecule has 0 saturated heterocycles. The van der Waals surface area contributed by atoms with Gasteiger partial charge in [0.15, 0.2) is 0 Å². The monoisotopic (exact) mass is 426 g/mol. The van der Waals surface area contributed by atoms with Crippen LogP contribution >= 0.6 is 0 Å². The standard InChI is InChI=1S/C23H24F2N4O2/c1-14(2)10-22(3,27)13-31-19-5-4-15(8-17(19)12-26)16-6-7-28-20(9-16)29-21(30)18-11-23(18,24)25/h4-9,18H,1,10-11,13,27H2,2-3H3,(H,28,29,30)/t18-,22?/m0/s1. The molecule has 0 aliphatic heterocycles. The first kappa shape index (κ1) is 22.4. The van der Waals surface area contributed by atoms with Gasteiger partial charge in [0.2, 0.25) is 5.91 Å². The SMILES string of the molecule is C=C(C)CC(C)(N)COc1ccc(-c2ccnc(NC(=O)[C@@H]3CC3(F)F)c2)cc1C#N. The minimum atomic E-state index is -2.94. The van der Waals surface area contributed by atoms with E-state index >= 15 is 0 Å². The van der Waals surface area contributed by atoms with E-state index in [4.69, 9.17) is 10.5 Å². The lowest BCUT2D eigenvalue weighted by molar-refractivity contribution is -0.119. The topological polar surface area (TPSA) is 101 Å². The Kier molecular flexibility index (Phi) is 6.09. The molecule has 2 aromatic rings. The lowest BCUT2D eigenvalue weighted by Crippen LogP contribution is -2.42. The van der Waals surface area contributed by atoms with Crippen molar-refractivity contribution < 1.29 is 18.3 Å². The minimum absolute atomic E-state index is 0.169. The summed E-state index contributed by atoms with van der Waals surface area (Å²) in [7, 11) is 0. The van der Waals surface area contributed by atoms with Crippen molar-refractivity contribution in [2.75, 3.05) is 11.9 Å². The molecular weight excluding hydrogens is 402 g/mol. The molecule has 162 valence electrons. The van der Waals surface area contributed by atoms with Gasteiger partial charge in [0.25, 0.3) is 5.92 Å². The number of hydrogen-bond donors (Lipinski definition) is 2. The zero-order valence-electron chi connectivity index (χ0n) is 17.4. The molecule has 1 heterocycles. The average Bonchev–Trinajstić information content (AvgIpc) is 3.34. The number of pyridine rings is 1. The molecule has 2 atom stereocenters. The summed E-state index contributed by atoms with van der Waals surface area (Å²) in [5, 5.41) is 12.0. The maximum absolute atomic E-state index is 13.1. The summed E-state index contributed by atoms with van der Waals surface area (Å²) in [5.41, 5.74) is 8.22. The second kappa shape index (κ2) is 8.44.